The van der Waals surface area contributed by atoms with Crippen molar-refractivity contribution < 1.29 is 4.79 Å². The van der Waals surface area contributed by atoms with Gasteiger partial charge in [0.15, 0.2) is 0 Å². The zero-order chi connectivity index (χ0) is 15.0. The van der Waals surface area contributed by atoms with Gasteiger partial charge in [-0.3, -0.25) is 9.48 Å². The van der Waals surface area contributed by atoms with Crippen LogP contribution in [0.2, 0.25) is 0 Å². The Balaban J connectivity index is 1.70. The fraction of sp³-hybridized carbons (Fsp3) is 0.750. The van der Waals surface area contributed by atoms with Crippen molar-refractivity contribution in [1.29, 1.82) is 0 Å². The zero-order valence-electron chi connectivity index (χ0n) is 13.4. The van der Waals surface area contributed by atoms with Crippen LogP contribution in [0.15, 0.2) is 6.07 Å². The Hall–Kier alpha value is -1.36. The molecule has 3 rings (SSSR count). The molecule has 21 heavy (non-hydrogen) atoms. The first kappa shape index (κ1) is 14.6. The lowest BCUT2D eigenvalue weighted by atomic mass is 10.0. The van der Waals surface area contributed by atoms with Crippen molar-refractivity contribution >= 4 is 5.91 Å². The van der Waals surface area contributed by atoms with Gasteiger partial charge in [-0.05, 0) is 59.2 Å². The van der Waals surface area contributed by atoms with Crippen molar-refractivity contribution in [3.05, 3.63) is 17.5 Å². The summed E-state index contributed by atoms with van der Waals surface area (Å²) in [5.74, 6) is 0.226. The molecule has 0 bridgehead atoms. The normalized spacial score (nSPS) is 26.7. The minimum Gasteiger partial charge on any atom is -0.337 e. The van der Waals surface area contributed by atoms with Crippen molar-refractivity contribution in [2.45, 2.75) is 58.2 Å². The molecule has 1 aromatic heterocycles. The average molecular weight is 290 g/mol. The molecule has 0 spiro atoms. The molecule has 2 aliphatic rings. The molecule has 0 radical (unpaired) electrons. The molecule has 0 aliphatic carbocycles. The Kier molecular flexibility index (Phi) is 4.02. The van der Waals surface area contributed by atoms with Crippen LogP contribution in [0.25, 0.3) is 0 Å². The molecule has 0 aromatic carbocycles. The number of likely N-dealkylation sites (tertiary alicyclic amines) is 2. The maximum atomic E-state index is 12.7. The summed E-state index contributed by atoms with van der Waals surface area (Å²) in [4.78, 5) is 17.2. The van der Waals surface area contributed by atoms with Gasteiger partial charge in [-0.1, -0.05) is 0 Å². The number of rotatable bonds is 3. The van der Waals surface area contributed by atoms with Crippen LogP contribution in [-0.4, -0.2) is 57.7 Å². The van der Waals surface area contributed by atoms with E-state index in [2.05, 4.69) is 21.9 Å². The van der Waals surface area contributed by atoms with Gasteiger partial charge in [-0.15, -0.1) is 0 Å². The first-order valence-corrected chi connectivity index (χ1v) is 8.07. The van der Waals surface area contributed by atoms with Crippen LogP contribution in [0.4, 0.5) is 0 Å². The van der Waals surface area contributed by atoms with Crippen LogP contribution < -0.4 is 0 Å². The molecule has 2 fully saturated rings. The lowest BCUT2D eigenvalue weighted by Crippen LogP contribution is -2.48. The monoisotopic (exact) mass is 290 g/mol. The van der Waals surface area contributed by atoms with Gasteiger partial charge in [0.2, 0.25) is 5.91 Å². The Bertz CT molecular complexity index is 524. The Morgan fingerprint density at radius 2 is 1.95 bits per heavy atom. The number of aromatic nitrogens is 2. The van der Waals surface area contributed by atoms with E-state index in [1.54, 1.807) is 0 Å². The van der Waals surface area contributed by atoms with Crippen molar-refractivity contribution in [2.24, 2.45) is 0 Å². The van der Waals surface area contributed by atoms with Gasteiger partial charge in [0.1, 0.15) is 6.54 Å². The Labute approximate surface area is 126 Å². The standard InChI is InChI=1S/C16H26N4O/c1-12-10-13(2)20(17-12)11-16(21)19-9-5-7-15(19)14-6-4-8-18(14)3/h10,14-15H,4-9,11H2,1-3H3/t14-,15-/m0/s1. The molecule has 2 aliphatic heterocycles. The van der Waals surface area contributed by atoms with Crippen LogP contribution in [0, 0.1) is 13.8 Å². The summed E-state index contributed by atoms with van der Waals surface area (Å²) in [5, 5.41) is 4.42. The lowest BCUT2D eigenvalue weighted by molar-refractivity contribution is -0.133. The Morgan fingerprint density at radius 1 is 1.24 bits per heavy atom. The molecular weight excluding hydrogens is 264 g/mol. The fourth-order valence-electron chi connectivity index (χ4n) is 3.98. The van der Waals surface area contributed by atoms with E-state index in [-0.39, 0.29) is 5.91 Å². The number of likely N-dealkylation sites (N-methyl/N-ethyl adjacent to an activating group) is 1. The number of hydrogen-bond donors (Lipinski definition) is 0. The van der Waals surface area contributed by atoms with E-state index >= 15 is 0 Å². The van der Waals surface area contributed by atoms with Gasteiger partial charge in [-0.25, -0.2) is 0 Å². The average Bonchev–Trinajstić information content (AvgIpc) is 3.10. The molecular formula is C16H26N4O. The van der Waals surface area contributed by atoms with Gasteiger partial charge >= 0.3 is 0 Å². The highest BCUT2D eigenvalue weighted by molar-refractivity contribution is 5.76. The second-order valence-corrected chi connectivity index (χ2v) is 6.57. The van der Waals surface area contributed by atoms with E-state index in [1.807, 2.05) is 24.6 Å². The summed E-state index contributed by atoms with van der Waals surface area (Å²) in [5.41, 5.74) is 2.04. The second kappa shape index (κ2) is 5.79. The van der Waals surface area contributed by atoms with E-state index in [0.717, 1.165) is 30.8 Å². The molecule has 5 nitrogen and oxygen atoms in total. The highest BCUT2D eigenvalue weighted by atomic mass is 16.2. The van der Waals surface area contributed by atoms with Crippen molar-refractivity contribution in [3.63, 3.8) is 0 Å². The van der Waals surface area contributed by atoms with E-state index in [1.165, 1.54) is 19.4 Å². The van der Waals surface area contributed by atoms with Crippen molar-refractivity contribution in [3.8, 4) is 0 Å². The number of hydrogen-bond acceptors (Lipinski definition) is 3. The van der Waals surface area contributed by atoms with E-state index < -0.39 is 0 Å². The highest BCUT2D eigenvalue weighted by Gasteiger charge is 2.38. The molecule has 0 N–H and O–H groups in total. The first-order chi connectivity index (χ1) is 10.1. The SMILES string of the molecule is Cc1cc(C)n(CC(=O)N2CCC[C@H]2[C@@H]2CCCN2C)n1. The van der Waals surface area contributed by atoms with Gasteiger partial charge in [0.05, 0.1) is 5.69 Å². The van der Waals surface area contributed by atoms with Crippen LogP contribution in [0.1, 0.15) is 37.1 Å². The van der Waals surface area contributed by atoms with Crippen molar-refractivity contribution in [2.75, 3.05) is 20.1 Å². The van der Waals surface area contributed by atoms with Crippen LogP contribution in [0.3, 0.4) is 0 Å². The highest BCUT2D eigenvalue weighted by Crippen LogP contribution is 2.29. The van der Waals surface area contributed by atoms with Gasteiger partial charge in [0, 0.05) is 24.3 Å². The summed E-state index contributed by atoms with van der Waals surface area (Å²) in [6.45, 7) is 6.44. The topological polar surface area (TPSA) is 41.4 Å². The minimum absolute atomic E-state index is 0.226. The molecule has 1 amide bonds. The maximum Gasteiger partial charge on any atom is 0.244 e. The molecule has 3 heterocycles. The second-order valence-electron chi connectivity index (χ2n) is 6.57. The summed E-state index contributed by atoms with van der Waals surface area (Å²) in [6, 6.07) is 2.98. The summed E-state index contributed by atoms with van der Waals surface area (Å²) in [7, 11) is 2.19. The zero-order valence-corrected chi connectivity index (χ0v) is 13.4. The predicted octanol–water partition coefficient (Wildman–Crippen LogP) is 1.59. The molecule has 0 unspecified atom stereocenters. The van der Waals surface area contributed by atoms with Crippen LogP contribution in [0.5, 0.6) is 0 Å². The fourth-order valence-corrected chi connectivity index (χ4v) is 3.98. The summed E-state index contributed by atoms with van der Waals surface area (Å²) < 4.78 is 1.84. The van der Waals surface area contributed by atoms with Crippen molar-refractivity contribution in [1.82, 2.24) is 19.6 Å². The quantitative estimate of drug-likeness (QED) is 0.849. The minimum atomic E-state index is 0.226. The largest absolute Gasteiger partial charge is 0.337 e. The predicted molar refractivity (Wildman–Crippen MR) is 82.1 cm³/mol. The third-order valence-corrected chi connectivity index (χ3v) is 5.03. The number of amides is 1. The van der Waals surface area contributed by atoms with E-state index in [4.69, 9.17) is 0 Å². The van der Waals surface area contributed by atoms with E-state index in [0.29, 0.717) is 18.6 Å². The Morgan fingerprint density at radius 3 is 2.57 bits per heavy atom. The number of nitrogens with zero attached hydrogens (tertiary/aromatic N) is 4. The maximum absolute atomic E-state index is 12.7. The van der Waals surface area contributed by atoms with E-state index in [9.17, 15) is 4.79 Å². The third kappa shape index (κ3) is 2.84. The molecule has 2 saturated heterocycles. The number of carbonyl (C=O) groups excluding carboxylic acids is 1. The smallest absolute Gasteiger partial charge is 0.244 e. The number of carbonyl (C=O) groups is 1. The molecule has 1 aromatic rings. The summed E-state index contributed by atoms with van der Waals surface area (Å²) >= 11 is 0. The molecule has 0 saturated carbocycles. The van der Waals surface area contributed by atoms with Crippen LogP contribution in [-0.2, 0) is 11.3 Å². The summed E-state index contributed by atoms with van der Waals surface area (Å²) in [6.07, 6.45) is 4.78. The van der Waals surface area contributed by atoms with Gasteiger partial charge in [0.25, 0.3) is 0 Å². The van der Waals surface area contributed by atoms with Crippen LogP contribution >= 0.6 is 0 Å². The lowest BCUT2D eigenvalue weighted by Gasteiger charge is -2.33. The van der Waals surface area contributed by atoms with Gasteiger partial charge in [-0.2, -0.15) is 5.10 Å². The molecule has 2 atom stereocenters. The number of aryl methyl sites for hydroxylation is 2. The van der Waals surface area contributed by atoms with Gasteiger partial charge < -0.3 is 9.80 Å². The first-order valence-electron chi connectivity index (χ1n) is 8.07. The third-order valence-electron chi connectivity index (χ3n) is 5.03. The molecule has 116 valence electrons. The molecule has 5 heteroatoms.